The van der Waals surface area contributed by atoms with Gasteiger partial charge in [0.15, 0.2) is 12.4 Å². The molecule has 3 rings (SSSR count). The maximum atomic E-state index is 11.9. The topological polar surface area (TPSA) is 80.0 Å². The summed E-state index contributed by atoms with van der Waals surface area (Å²) >= 11 is 5.86. The number of carbonyl (C=O) groups is 1. The monoisotopic (exact) mass is 428 g/mol. The van der Waals surface area contributed by atoms with Crippen molar-refractivity contribution in [3.05, 3.63) is 70.2 Å². The second-order valence-corrected chi connectivity index (χ2v) is 7.95. The van der Waals surface area contributed by atoms with Crippen LogP contribution in [-0.2, 0) is 22.6 Å². The van der Waals surface area contributed by atoms with Crippen LogP contribution in [0.4, 0.5) is 0 Å². The average molecular weight is 429 g/mol. The van der Waals surface area contributed by atoms with Crippen molar-refractivity contribution < 1.29 is 9.63 Å². The molecule has 1 aliphatic rings. The first-order chi connectivity index (χ1) is 14.6. The molecule has 0 unspecified atom stereocenters. The molecule has 1 saturated heterocycles. The van der Waals surface area contributed by atoms with Gasteiger partial charge >= 0.3 is 0 Å². The van der Waals surface area contributed by atoms with E-state index in [1.54, 1.807) is 0 Å². The molecule has 1 amide bonds. The number of hydrogen-bond donors (Lipinski definition) is 2. The van der Waals surface area contributed by atoms with Crippen molar-refractivity contribution in [2.45, 2.75) is 32.2 Å². The van der Waals surface area contributed by atoms with Gasteiger partial charge in [0.2, 0.25) is 0 Å². The summed E-state index contributed by atoms with van der Waals surface area (Å²) in [4.78, 5) is 19.5. The Labute approximate surface area is 183 Å². The van der Waals surface area contributed by atoms with Crippen molar-refractivity contribution >= 4 is 23.3 Å². The van der Waals surface area contributed by atoms with E-state index < -0.39 is 0 Å². The average Bonchev–Trinajstić information content (AvgIpc) is 2.76. The fraction of sp³-hybridized carbons (Fsp3) is 0.391. The number of nitrogens with one attached hydrogen (secondary N) is 1. The Balaban J connectivity index is 1.41. The molecular weight excluding hydrogens is 400 g/mol. The molecule has 0 aliphatic carbocycles. The summed E-state index contributed by atoms with van der Waals surface area (Å²) in [5, 5.41) is 7.40. The van der Waals surface area contributed by atoms with Crippen LogP contribution in [0.25, 0.3) is 0 Å². The molecule has 0 atom stereocenters. The van der Waals surface area contributed by atoms with Gasteiger partial charge in [0, 0.05) is 23.7 Å². The molecule has 1 heterocycles. The van der Waals surface area contributed by atoms with E-state index in [1.165, 1.54) is 24.8 Å². The number of carbonyl (C=O) groups excluding carboxylic acids is 1. The minimum Gasteiger partial charge on any atom is -0.384 e. The molecule has 2 aromatic rings. The summed E-state index contributed by atoms with van der Waals surface area (Å²) in [6, 6.07) is 15.5. The zero-order valence-corrected chi connectivity index (χ0v) is 17.9. The van der Waals surface area contributed by atoms with E-state index in [2.05, 4.69) is 21.4 Å². The van der Waals surface area contributed by atoms with Crippen LogP contribution >= 0.6 is 11.6 Å². The number of amidine groups is 1. The SMILES string of the molecule is N/C(=N\OCC(=O)NCCc1ccc(Cl)cc1)c1cccc(CN2CCCCC2)c1. The molecule has 0 aromatic heterocycles. The smallest absolute Gasteiger partial charge is 0.260 e. The van der Waals surface area contributed by atoms with E-state index in [0.717, 1.165) is 37.2 Å². The zero-order valence-electron chi connectivity index (χ0n) is 17.1. The number of amides is 1. The highest BCUT2D eigenvalue weighted by molar-refractivity contribution is 6.30. The van der Waals surface area contributed by atoms with Crippen molar-refractivity contribution in [3.63, 3.8) is 0 Å². The zero-order chi connectivity index (χ0) is 21.2. The number of hydrogen-bond acceptors (Lipinski definition) is 4. The molecule has 30 heavy (non-hydrogen) atoms. The summed E-state index contributed by atoms with van der Waals surface area (Å²) in [5.74, 6) is 0.0313. The third-order valence-corrected chi connectivity index (χ3v) is 5.34. The number of nitrogens with two attached hydrogens (primary N) is 1. The maximum Gasteiger partial charge on any atom is 0.260 e. The number of oxime groups is 1. The second-order valence-electron chi connectivity index (χ2n) is 7.51. The quantitative estimate of drug-likeness (QED) is 0.365. The molecule has 6 nitrogen and oxygen atoms in total. The third-order valence-electron chi connectivity index (χ3n) is 5.09. The van der Waals surface area contributed by atoms with Gasteiger partial charge in [0.1, 0.15) is 0 Å². The highest BCUT2D eigenvalue weighted by Crippen LogP contribution is 2.14. The molecule has 3 N–H and O–H groups in total. The lowest BCUT2D eigenvalue weighted by molar-refractivity contribution is -0.125. The Hall–Kier alpha value is -2.57. The van der Waals surface area contributed by atoms with E-state index in [1.807, 2.05) is 42.5 Å². The standard InChI is InChI=1S/C23H29ClN4O2/c24-21-9-7-18(8-10-21)11-12-26-22(29)17-30-27-23(25)20-6-4-5-19(15-20)16-28-13-2-1-3-14-28/h4-10,15H,1-3,11-14,16-17H2,(H2,25,27)(H,26,29). The highest BCUT2D eigenvalue weighted by Gasteiger charge is 2.11. The summed E-state index contributed by atoms with van der Waals surface area (Å²) in [6.07, 6.45) is 4.57. The Morgan fingerprint density at radius 1 is 1.10 bits per heavy atom. The highest BCUT2D eigenvalue weighted by atomic mass is 35.5. The molecule has 1 aliphatic heterocycles. The lowest BCUT2D eigenvalue weighted by atomic mass is 10.1. The van der Waals surface area contributed by atoms with Crippen molar-refractivity contribution in [1.82, 2.24) is 10.2 Å². The van der Waals surface area contributed by atoms with E-state index in [9.17, 15) is 4.79 Å². The molecular formula is C23H29ClN4O2. The Bertz CT molecular complexity index is 849. The van der Waals surface area contributed by atoms with E-state index >= 15 is 0 Å². The van der Waals surface area contributed by atoms with E-state index in [0.29, 0.717) is 11.6 Å². The van der Waals surface area contributed by atoms with Gasteiger partial charge < -0.3 is 15.9 Å². The first-order valence-electron chi connectivity index (χ1n) is 10.4. The number of halogens is 1. The van der Waals surface area contributed by atoms with Crippen LogP contribution in [-0.4, -0.2) is 42.9 Å². The number of nitrogens with zero attached hydrogens (tertiary/aromatic N) is 2. The van der Waals surface area contributed by atoms with Gasteiger partial charge in [-0.3, -0.25) is 9.69 Å². The van der Waals surface area contributed by atoms with Crippen LogP contribution in [0.1, 0.15) is 36.0 Å². The van der Waals surface area contributed by atoms with Gasteiger partial charge in [-0.05, 0) is 61.7 Å². The molecule has 0 radical (unpaired) electrons. The molecule has 1 fully saturated rings. The Morgan fingerprint density at radius 3 is 2.63 bits per heavy atom. The van der Waals surface area contributed by atoms with Crippen LogP contribution in [0.2, 0.25) is 5.02 Å². The summed E-state index contributed by atoms with van der Waals surface area (Å²) < 4.78 is 0. The third kappa shape index (κ3) is 7.35. The van der Waals surface area contributed by atoms with Crippen molar-refractivity contribution in [3.8, 4) is 0 Å². The van der Waals surface area contributed by atoms with Gasteiger partial charge in [-0.2, -0.15) is 0 Å². The fourth-order valence-electron chi connectivity index (χ4n) is 3.47. The van der Waals surface area contributed by atoms with E-state index in [4.69, 9.17) is 22.2 Å². The molecule has 160 valence electrons. The summed E-state index contributed by atoms with van der Waals surface area (Å²) in [7, 11) is 0. The van der Waals surface area contributed by atoms with Gasteiger partial charge in [-0.25, -0.2) is 0 Å². The molecule has 7 heteroatoms. The summed E-state index contributed by atoms with van der Waals surface area (Å²) in [6.45, 7) is 3.54. The van der Waals surface area contributed by atoms with Gasteiger partial charge in [-0.15, -0.1) is 0 Å². The van der Waals surface area contributed by atoms with Crippen LogP contribution < -0.4 is 11.1 Å². The van der Waals surface area contributed by atoms with Gasteiger partial charge in [-0.1, -0.05) is 53.5 Å². The lowest BCUT2D eigenvalue weighted by Crippen LogP contribution is -2.29. The van der Waals surface area contributed by atoms with Crippen molar-refractivity contribution in [2.75, 3.05) is 26.2 Å². The minimum atomic E-state index is -0.237. The molecule has 2 aromatic carbocycles. The number of rotatable bonds is 9. The number of likely N-dealkylation sites (tertiary alicyclic amines) is 1. The maximum absolute atomic E-state index is 11.9. The van der Waals surface area contributed by atoms with Crippen LogP contribution in [0.5, 0.6) is 0 Å². The molecule has 0 saturated carbocycles. The van der Waals surface area contributed by atoms with Gasteiger partial charge in [0.05, 0.1) is 0 Å². The lowest BCUT2D eigenvalue weighted by Gasteiger charge is -2.26. The molecule has 0 spiro atoms. The number of piperidine rings is 1. The first kappa shape index (κ1) is 22.1. The number of benzene rings is 2. The largest absolute Gasteiger partial charge is 0.384 e. The second kappa shape index (κ2) is 11.6. The predicted octanol–water partition coefficient (Wildman–Crippen LogP) is 3.32. The Kier molecular flexibility index (Phi) is 8.53. The van der Waals surface area contributed by atoms with E-state index in [-0.39, 0.29) is 18.3 Å². The van der Waals surface area contributed by atoms with Gasteiger partial charge in [0.25, 0.3) is 5.91 Å². The van der Waals surface area contributed by atoms with Crippen molar-refractivity contribution in [2.24, 2.45) is 10.9 Å². The summed E-state index contributed by atoms with van der Waals surface area (Å²) in [5.41, 5.74) is 9.14. The van der Waals surface area contributed by atoms with Crippen molar-refractivity contribution in [1.29, 1.82) is 0 Å². The fourth-order valence-corrected chi connectivity index (χ4v) is 3.59. The van der Waals surface area contributed by atoms with Crippen LogP contribution in [0.3, 0.4) is 0 Å². The first-order valence-corrected chi connectivity index (χ1v) is 10.8. The normalized spacial score (nSPS) is 15.0. The van der Waals surface area contributed by atoms with Crippen LogP contribution in [0, 0.1) is 0 Å². The molecule has 0 bridgehead atoms. The minimum absolute atomic E-state index is 0.172. The predicted molar refractivity (Wildman–Crippen MR) is 120 cm³/mol. The Morgan fingerprint density at radius 2 is 1.87 bits per heavy atom. The van der Waals surface area contributed by atoms with Crippen LogP contribution in [0.15, 0.2) is 53.7 Å².